The number of rotatable bonds is 4. The van der Waals surface area contributed by atoms with E-state index >= 15 is 0 Å². The molecule has 1 unspecified atom stereocenters. The van der Waals surface area contributed by atoms with Crippen LogP contribution in [0.4, 0.5) is 0 Å². The molecule has 0 spiro atoms. The van der Waals surface area contributed by atoms with Crippen molar-refractivity contribution in [2.75, 3.05) is 6.61 Å². The van der Waals surface area contributed by atoms with Crippen molar-refractivity contribution in [2.24, 2.45) is 7.05 Å². The molecule has 0 aliphatic carbocycles. The molecular weight excluding hydrogens is 251 g/mol. The largest absolute Gasteiger partial charge is 0.775 e. The lowest BCUT2D eigenvalue weighted by atomic mass is 10.2. The van der Waals surface area contributed by atoms with Crippen LogP contribution in [0.25, 0.3) is 10.9 Å². The van der Waals surface area contributed by atoms with Gasteiger partial charge in [0.15, 0.2) is 14.6 Å². The Labute approximate surface area is 105 Å². The molecule has 1 heterocycles. The fourth-order valence-corrected chi connectivity index (χ4v) is 2.89. The van der Waals surface area contributed by atoms with Crippen LogP contribution < -0.4 is 14.9 Å². The first-order valence-corrected chi connectivity index (χ1v) is 6.91. The molecule has 0 aliphatic heterocycles. The van der Waals surface area contributed by atoms with Crippen LogP contribution in [0.2, 0.25) is 0 Å². The highest BCUT2D eigenvalue weighted by molar-refractivity contribution is 7.60. The summed E-state index contributed by atoms with van der Waals surface area (Å²) < 4.78 is 18.4. The molecule has 1 aromatic heterocycles. The van der Waals surface area contributed by atoms with E-state index in [1.54, 1.807) is 31.3 Å². The van der Waals surface area contributed by atoms with Crippen molar-refractivity contribution < 1.29 is 18.7 Å². The Hall–Kier alpha value is -1.55. The van der Waals surface area contributed by atoms with Crippen LogP contribution in [0, 0.1) is 0 Å². The Morgan fingerprint density at radius 3 is 3.00 bits per heavy atom. The van der Waals surface area contributed by atoms with Crippen LogP contribution in [0.1, 0.15) is 0 Å². The minimum absolute atomic E-state index is 0.0405. The molecule has 0 fully saturated rings. The van der Waals surface area contributed by atoms with E-state index in [0.29, 0.717) is 10.9 Å². The zero-order valence-electron chi connectivity index (χ0n) is 9.94. The standard InChI is InChI=1S/C12H13N2O3P/c1-3-8-17-18(15,16)12-9-14(2)13-11-7-5-4-6-10(11)12/h3-7,9H,1,8H2,2H3. The first kappa shape index (κ1) is 12.9. The van der Waals surface area contributed by atoms with E-state index in [1.165, 1.54) is 17.0 Å². The topological polar surface area (TPSA) is 66.1 Å². The molecule has 0 amide bonds. The molecule has 0 radical (unpaired) electrons. The van der Waals surface area contributed by atoms with Crippen molar-refractivity contribution >= 4 is 23.8 Å². The van der Waals surface area contributed by atoms with Crippen LogP contribution in [0.5, 0.6) is 0 Å². The van der Waals surface area contributed by atoms with Gasteiger partial charge in [-0.1, -0.05) is 29.0 Å². The summed E-state index contributed by atoms with van der Waals surface area (Å²) in [4.78, 5) is 12.1. The zero-order chi connectivity index (χ0) is 13.2. The van der Waals surface area contributed by atoms with Gasteiger partial charge >= 0.3 is 0 Å². The van der Waals surface area contributed by atoms with Crippen molar-refractivity contribution in [1.29, 1.82) is 0 Å². The summed E-state index contributed by atoms with van der Waals surface area (Å²) in [5.74, 6) is 0. The smallest absolute Gasteiger partial charge is 0.208 e. The fraction of sp³-hybridized carbons (Fsp3) is 0.167. The number of aryl methyl sites for hydroxylation is 1. The summed E-state index contributed by atoms with van der Waals surface area (Å²) in [6.45, 7) is 3.39. The van der Waals surface area contributed by atoms with Gasteiger partial charge in [-0.3, -0.25) is 0 Å². The average Bonchev–Trinajstić information content (AvgIpc) is 2.35. The van der Waals surface area contributed by atoms with E-state index < -0.39 is 7.60 Å². The molecule has 0 N–H and O–H groups in total. The van der Waals surface area contributed by atoms with Crippen molar-refractivity contribution in [3.63, 3.8) is 0 Å². The van der Waals surface area contributed by atoms with Gasteiger partial charge in [0.05, 0.1) is 11.9 Å². The number of fused-ring (bicyclic) bond motifs is 1. The second-order valence-corrected chi connectivity index (χ2v) is 5.52. The summed E-state index contributed by atoms with van der Waals surface area (Å²) in [7, 11) is -2.45. The predicted octanol–water partition coefficient (Wildman–Crippen LogP) is 0.441. The van der Waals surface area contributed by atoms with Crippen molar-refractivity contribution in [3.8, 4) is 0 Å². The van der Waals surface area contributed by atoms with Gasteiger partial charge in [0.1, 0.15) is 5.52 Å². The fourth-order valence-electron chi connectivity index (χ4n) is 1.66. The zero-order valence-corrected chi connectivity index (χ0v) is 10.8. The van der Waals surface area contributed by atoms with Gasteiger partial charge in [-0.2, -0.15) is 0 Å². The predicted molar refractivity (Wildman–Crippen MR) is 66.3 cm³/mol. The van der Waals surface area contributed by atoms with E-state index in [0.717, 1.165) is 0 Å². The molecule has 0 bridgehead atoms. The number of hydrogen-bond acceptors (Lipinski definition) is 4. The van der Waals surface area contributed by atoms with Gasteiger partial charge in [0.2, 0.25) is 6.20 Å². The Morgan fingerprint density at radius 2 is 2.28 bits per heavy atom. The maximum Gasteiger partial charge on any atom is 0.208 e. The van der Waals surface area contributed by atoms with Crippen molar-refractivity contribution in [3.05, 3.63) is 43.1 Å². The van der Waals surface area contributed by atoms with E-state index in [1.807, 2.05) is 0 Å². The highest BCUT2D eigenvalue weighted by Crippen LogP contribution is 2.37. The highest BCUT2D eigenvalue weighted by atomic mass is 31.2. The molecule has 94 valence electrons. The second kappa shape index (κ2) is 4.98. The summed E-state index contributed by atoms with van der Waals surface area (Å²) in [5, 5.41) is 4.90. The van der Waals surface area contributed by atoms with Gasteiger partial charge in [-0.05, 0) is 11.2 Å². The number of hydrogen-bond donors (Lipinski definition) is 0. The third kappa shape index (κ3) is 2.48. The SMILES string of the molecule is C=CCOP(=O)([O-])c1c[n+](C)nc2ccccc12. The van der Waals surface area contributed by atoms with Gasteiger partial charge in [0.25, 0.3) is 0 Å². The van der Waals surface area contributed by atoms with Crippen LogP contribution in [0.15, 0.2) is 43.1 Å². The lowest BCUT2D eigenvalue weighted by Gasteiger charge is -2.22. The molecule has 1 aromatic carbocycles. The Morgan fingerprint density at radius 1 is 1.56 bits per heavy atom. The summed E-state index contributed by atoms with van der Waals surface area (Å²) >= 11 is 0. The highest BCUT2D eigenvalue weighted by Gasteiger charge is 2.20. The first-order chi connectivity index (χ1) is 8.54. The van der Waals surface area contributed by atoms with Crippen LogP contribution >= 0.6 is 7.60 Å². The molecule has 2 rings (SSSR count). The second-order valence-electron chi connectivity index (χ2n) is 3.79. The van der Waals surface area contributed by atoms with Crippen molar-refractivity contribution in [2.45, 2.75) is 0 Å². The Bertz CT molecular complexity index is 642. The monoisotopic (exact) mass is 264 g/mol. The third-order valence-corrected chi connectivity index (χ3v) is 3.85. The number of benzene rings is 1. The van der Waals surface area contributed by atoms with Gasteiger partial charge in [-0.25, -0.2) is 0 Å². The summed E-state index contributed by atoms with van der Waals surface area (Å²) in [5.41, 5.74) is 0.607. The van der Waals surface area contributed by atoms with E-state index in [9.17, 15) is 9.46 Å². The van der Waals surface area contributed by atoms with E-state index in [4.69, 9.17) is 4.52 Å². The molecule has 1 atom stereocenters. The molecule has 2 aromatic rings. The first-order valence-electron chi connectivity index (χ1n) is 5.37. The molecule has 0 saturated carbocycles. The lowest BCUT2D eigenvalue weighted by molar-refractivity contribution is -0.727. The van der Waals surface area contributed by atoms with Crippen LogP contribution in [-0.2, 0) is 16.1 Å². The lowest BCUT2D eigenvalue weighted by Crippen LogP contribution is -2.38. The maximum atomic E-state index is 12.1. The summed E-state index contributed by atoms with van der Waals surface area (Å²) in [6.07, 6.45) is 2.84. The van der Waals surface area contributed by atoms with E-state index in [-0.39, 0.29) is 11.9 Å². The van der Waals surface area contributed by atoms with Crippen LogP contribution in [0.3, 0.4) is 0 Å². The molecular formula is C12H13N2O3P. The molecule has 5 nitrogen and oxygen atoms in total. The molecule has 0 saturated heterocycles. The minimum atomic E-state index is -4.12. The van der Waals surface area contributed by atoms with Gasteiger partial charge in [0, 0.05) is 5.39 Å². The maximum absolute atomic E-state index is 12.1. The molecule has 6 heteroatoms. The quantitative estimate of drug-likeness (QED) is 0.456. The van der Waals surface area contributed by atoms with E-state index in [2.05, 4.69) is 11.7 Å². The normalized spacial score (nSPS) is 14.3. The Kier molecular flexibility index (Phi) is 3.57. The minimum Gasteiger partial charge on any atom is -0.775 e. The number of nitrogens with zero attached hydrogens (tertiary/aromatic N) is 2. The van der Waals surface area contributed by atoms with Crippen molar-refractivity contribution in [1.82, 2.24) is 5.10 Å². The molecule has 0 aliphatic rings. The molecule has 18 heavy (non-hydrogen) atoms. The Balaban J connectivity index is 2.62. The number of aromatic nitrogens is 2. The van der Waals surface area contributed by atoms with Gasteiger partial charge in [-0.15, -0.1) is 6.58 Å². The van der Waals surface area contributed by atoms with Crippen LogP contribution in [-0.4, -0.2) is 11.7 Å². The third-order valence-electron chi connectivity index (χ3n) is 2.41. The van der Waals surface area contributed by atoms with Gasteiger partial charge < -0.3 is 14.0 Å². The average molecular weight is 264 g/mol. The summed E-state index contributed by atoms with van der Waals surface area (Å²) in [6, 6.07) is 7.03.